The van der Waals surface area contributed by atoms with Gasteiger partial charge in [-0.25, -0.2) is 17.8 Å². The molecule has 0 atom stereocenters. The molecule has 0 spiro atoms. The molecule has 6 nitrogen and oxygen atoms in total. The van der Waals surface area contributed by atoms with Crippen LogP contribution in [0.4, 0.5) is 4.39 Å². The number of hydrogen-bond acceptors (Lipinski definition) is 5. The number of carbonyl (C=O) groups is 1. The molecular formula is C19H18FN3O3S2. The van der Waals surface area contributed by atoms with E-state index in [4.69, 9.17) is 0 Å². The van der Waals surface area contributed by atoms with Gasteiger partial charge in [-0.15, -0.1) is 16.2 Å². The van der Waals surface area contributed by atoms with E-state index in [9.17, 15) is 17.6 Å². The Bertz CT molecular complexity index is 1110. The van der Waals surface area contributed by atoms with Crippen LogP contribution >= 0.6 is 11.3 Å². The number of aromatic nitrogens is 1. The van der Waals surface area contributed by atoms with E-state index in [0.29, 0.717) is 10.7 Å². The molecule has 0 aliphatic rings. The third-order valence-corrected chi connectivity index (χ3v) is 6.28. The Hall–Kier alpha value is -2.62. The number of nitrogens with zero attached hydrogens (tertiary/aromatic N) is 1. The monoisotopic (exact) mass is 419 g/mol. The van der Waals surface area contributed by atoms with E-state index >= 15 is 0 Å². The van der Waals surface area contributed by atoms with Crippen molar-refractivity contribution in [3.8, 4) is 10.6 Å². The number of carbonyl (C=O) groups excluding carboxylic acids is 1. The van der Waals surface area contributed by atoms with Gasteiger partial charge in [0.25, 0.3) is 10.0 Å². The van der Waals surface area contributed by atoms with Crippen LogP contribution in [0, 0.1) is 19.7 Å². The van der Waals surface area contributed by atoms with E-state index in [-0.39, 0.29) is 17.1 Å². The Labute approximate surface area is 166 Å². The molecule has 0 aliphatic carbocycles. The topological polar surface area (TPSA) is 88.2 Å². The average molecular weight is 420 g/mol. The minimum Gasteiger partial charge on any atom is -0.277 e. The number of amides is 1. The minimum absolute atomic E-state index is 0.0724. The molecule has 146 valence electrons. The van der Waals surface area contributed by atoms with Gasteiger partial charge in [0, 0.05) is 10.9 Å². The van der Waals surface area contributed by atoms with Crippen molar-refractivity contribution in [2.75, 3.05) is 0 Å². The molecule has 9 heteroatoms. The van der Waals surface area contributed by atoms with Gasteiger partial charge < -0.3 is 0 Å². The first-order valence-electron chi connectivity index (χ1n) is 8.33. The number of hydrazine groups is 1. The maximum atomic E-state index is 13.0. The van der Waals surface area contributed by atoms with Crippen LogP contribution in [0.5, 0.6) is 0 Å². The van der Waals surface area contributed by atoms with E-state index in [1.165, 1.54) is 29.5 Å². The summed E-state index contributed by atoms with van der Waals surface area (Å²) in [5, 5.41) is 2.36. The van der Waals surface area contributed by atoms with Crippen LogP contribution in [0.1, 0.15) is 16.8 Å². The fraction of sp³-hybridized carbons (Fsp3) is 0.158. The highest BCUT2D eigenvalue weighted by Crippen LogP contribution is 2.24. The van der Waals surface area contributed by atoms with Crippen LogP contribution in [0.25, 0.3) is 10.6 Å². The van der Waals surface area contributed by atoms with Crippen molar-refractivity contribution in [3.63, 3.8) is 0 Å². The summed E-state index contributed by atoms with van der Waals surface area (Å²) in [5.74, 6) is -0.876. The zero-order valence-electron chi connectivity index (χ0n) is 15.2. The third kappa shape index (κ3) is 4.80. The molecule has 3 aromatic rings. The molecule has 0 saturated carbocycles. The van der Waals surface area contributed by atoms with Crippen molar-refractivity contribution < 1.29 is 17.6 Å². The first-order chi connectivity index (χ1) is 13.2. The fourth-order valence-corrected chi connectivity index (χ4v) is 4.16. The van der Waals surface area contributed by atoms with Crippen molar-refractivity contribution >= 4 is 27.3 Å². The number of nitrogens with one attached hydrogen (secondary N) is 2. The van der Waals surface area contributed by atoms with Gasteiger partial charge in [0.15, 0.2) is 0 Å². The molecule has 0 radical (unpaired) electrons. The Morgan fingerprint density at radius 3 is 2.50 bits per heavy atom. The second-order valence-electron chi connectivity index (χ2n) is 6.23. The summed E-state index contributed by atoms with van der Waals surface area (Å²) in [6.07, 6.45) is -0.0901. The minimum atomic E-state index is -3.86. The SMILES string of the molecule is Cc1ccc(S(=O)(=O)NNC(=O)Cc2csc(-c3ccc(F)cc3)n2)cc1C. The molecule has 28 heavy (non-hydrogen) atoms. The van der Waals surface area contributed by atoms with Crippen LogP contribution in [-0.4, -0.2) is 19.3 Å². The summed E-state index contributed by atoms with van der Waals surface area (Å²) in [5.41, 5.74) is 5.25. The zero-order valence-corrected chi connectivity index (χ0v) is 16.8. The molecule has 2 aromatic carbocycles. The number of hydrogen-bond donors (Lipinski definition) is 2. The van der Waals surface area contributed by atoms with Crippen molar-refractivity contribution in [2.24, 2.45) is 0 Å². The summed E-state index contributed by atoms with van der Waals surface area (Å²) < 4.78 is 37.6. The number of halogens is 1. The van der Waals surface area contributed by atoms with Crippen LogP contribution < -0.4 is 10.3 Å². The maximum absolute atomic E-state index is 13.0. The lowest BCUT2D eigenvalue weighted by Gasteiger charge is -2.09. The van der Waals surface area contributed by atoms with E-state index in [1.807, 2.05) is 13.8 Å². The Morgan fingerprint density at radius 2 is 1.82 bits per heavy atom. The molecule has 1 aromatic heterocycles. The summed E-state index contributed by atoms with van der Waals surface area (Å²) in [7, 11) is -3.86. The van der Waals surface area contributed by atoms with Gasteiger partial charge in [-0.3, -0.25) is 10.2 Å². The number of thiazole rings is 1. The summed E-state index contributed by atoms with van der Waals surface area (Å²) in [4.78, 5) is 18.6. The molecule has 0 bridgehead atoms. The molecule has 2 N–H and O–H groups in total. The standard InChI is InChI=1S/C19H18FN3O3S2/c1-12-3-8-17(9-13(12)2)28(25,26)23-22-18(24)10-16-11-27-19(21-16)14-4-6-15(20)7-5-14/h3-9,11,23H,10H2,1-2H3,(H,22,24). The lowest BCUT2D eigenvalue weighted by Crippen LogP contribution is -2.42. The highest BCUT2D eigenvalue weighted by atomic mass is 32.2. The summed E-state index contributed by atoms with van der Waals surface area (Å²) >= 11 is 1.32. The molecule has 0 aliphatic heterocycles. The quantitative estimate of drug-likeness (QED) is 0.601. The van der Waals surface area contributed by atoms with Crippen LogP contribution in [0.2, 0.25) is 0 Å². The molecule has 0 saturated heterocycles. The highest BCUT2D eigenvalue weighted by Gasteiger charge is 2.16. The normalized spacial score (nSPS) is 11.4. The van der Waals surface area contributed by atoms with Gasteiger partial charge in [0.05, 0.1) is 17.0 Å². The second kappa shape index (κ2) is 8.17. The van der Waals surface area contributed by atoms with Gasteiger partial charge in [-0.2, -0.15) is 0 Å². The van der Waals surface area contributed by atoms with E-state index < -0.39 is 15.9 Å². The number of rotatable bonds is 6. The zero-order chi connectivity index (χ0) is 20.3. The number of aryl methyl sites for hydroxylation is 2. The highest BCUT2D eigenvalue weighted by molar-refractivity contribution is 7.89. The molecule has 1 amide bonds. The van der Waals surface area contributed by atoms with Gasteiger partial charge in [0.2, 0.25) is 5.91 Å². The lowest BCUT2D eigenvalue weighted by molar-refractivity contribution is -0.120. The largest absolute Gasteiger partial charge is 0.277 e. The second-order valence-corrected chi connectivity index (χ2v) is 8.77. The Balaban J connectivity index is 1.61. The first-order valence-corrected chi connectivity index (χ1v) is 10.7. The van der Waals surface area contributed by atoms with Crippen LogP contribution in [0.15, 0.2) is 52.7 Å². The molecule has 3 rings (SSSR count). The predicted molar refractivity (Wildman–Crippen MR) is 106 cm³/mol. The van der Waals surface area contributed by atoms with Crippen molar-refractivity contribution in [1.29, 1.82) is 0 Å². The van der Waals surface area contributed by atoms with Crippen molar-refractivity contribution in [3.05, 3.63) is 70.5 Å². The van der Waals surface area contributed by atoms with Gasteiger partial charge in [-0.05, 0) is 61.4 Å². The number of benzene rings is 2. The van der Waals surface area contributed by atoms with Crippen molar-refractivity contribution in [1.82, 2.24) is 15.2 Å². The van der Waals surface area contributed by atoms with E-state index in [1.54, 1.807) is 29.6 Å². The average Bonchev–Trinajstić information content (AvgIpc) is 3.11. The van der Waals surface area contributed by atoms with Crippen molar-refractivity contribution in [2.45, 2.75) is 25.2 Å². The van der Waals surface area contributed by atoms with Crippen LogP contribution in [-0.2, 0) is 21.2 Å². The number of sulfonamides is 1. The molecule has 0 unspecified atom stereocenters. The molecular weight excluding hydrogens is 401 g/mol. The first kappa shape index (κ1) is 20.1. The Morgan fingerprint density at radius 1 is 1.11 bits per heavy atom. The maximum Gasteiger partial charge on any atom is 0.257 e. The van der Waals surface area contributed by atoms with E-state index in [2.05, 4.69) is 15.2 Å². The molecule has 0 fully saturated rings. The summed E-state index contributed by atoms with van der Waals surface area (Å²) in [6.45, 7) is 3.70. The third-order valence-electron chi connectivity index (χ3n) is 4.10. The Kier molecular flexibility index (Phi) is 5.87. The van der Waals surface area contributed by atoms with Gasteiger partial charge in [-0.1, -0.05) is 6.07 Å². The molecule has 1 heterocycles. The van der Waals surface area contributed by atoms with Crippen LogP contribution in [0.3, 0.4) is 0 Å². The predicted octanol–water partition coefficient (Wildman–Crippen LogP) is 3.12. The lowest BCUT2D eigenvalue weighted by atomic mass is 10.1. The van der Waals surface area contributed by atoms with E-state index in [0.717, 1.165) is 16.7 Å². The fourth-order valence-electron chi connectivity index (χ4n) is 2.39. The summed E-state index contributed by atoms with van der Waals surface area (Å²) in [6, 6.07) is 10.6. The van der Waals surface area contributed by atoms with Gasteiger partial charge >= 0.3 is 0 Å². The smallest absolute Gasteiger partial charge is 0.257 e. The van der Waals surface area contributed by atoms with Gasteiger partial charge in [0.1, 0.15) is 10.8 Å².